The van der Waals surface area contributed by atoms with Gasteiger partial charge in [-0.1, -0.05) is 6.58 Å². The van der Waals surface area contributed by atoms with E-state index in [9.17, 15) is 9.36 Å². The van der Waals surface area contributed by atoms with Gasteiger partial charge in [-0.25, -0.2) is 14.6 Å². The molecule has 7 heteroatoms. The first-order chi connectivity index (χ1) is 5.45. The third-order valence-corrected chi connectivity index (χ3v) is 1.90. The van der Waals surface area contributed by atoms with Gasteiger partial charge < -0.3 is 4.52 Å². The van der Waals surface area contributed by atoms with E-state index in [0.29, 0.717) is 0 Å². The molecule has 0 amide bonds. The predicted molar refractivity (Wildman–Crippen MR) is 39.2 cm³/mol. The minimum atomic E-state index is -4.15. The van der Waals surface area contributed by atoms with Crippen molar-refractivity contribution in [3.8, 4) is 0 Å². The van der Waals surface area contributed by atoms with Gasteiger partial charge >= 0.3 is 13.8 Å². The van der Waals surface area contributed by atoms with Crippen LogP contribution in [0, 0.1) is 0 Å². The quantitative estimate of drug-likeness (QED) is 0.316. The Labute approximate surface area is 69.3 Å². The topological polar surface area (TPSA) is 82.1 Å². The van der Waals surface area contributed by atoms with E-state index >= 15 is 0 Å². The van der Waals surface area contributed by atoms with Crippen LogP contribution in [0.4, 0.5) is 0 Å². The van der Waals surface area contributed by atoms with Crippen molar-refractivity contribution in [3.63, 3.8) is 0 Å². The van der Waals surface area contributed by atoms with Crippen LogP contribution >= 0.6 is 7.82 Å². The zero-order valence-corrected chi connectivity index (χ0v) is 7.54. The van der Waals surface area contributed by atoms with Gasteiger partial charge in [0.1, 0.15) is 0 Å². The molecular formula is C5H9O6P. The molecule has 0 aliphatic carbocycles. The van der Waals surface area contributed by atoms with Crippen LogP contribution in [0.2, 0.25) is 0 Å². The number of phosphoric ester groups is 1. The molecule has 0 rings (SSSR count). The molecule has 0 saturated carbocycles. The maximum Gasteiger partial charge on any atom is 0.559 e. The molecule has 0 spiro atoms. The minimum Gasteiger partial charge on any atom is -0.365 e. The molecule has 0 aromatic rings. The normalized spacial score (nSPS) is 14.9. The molecule has 70 valence electrons. The van der Waals surface area contributed by atoms with Crippen molar-refractivity contribution >= 4 is 13.8 Å². The van der Waals surface area contributed by atoms with Crippen molar-refractivity contribution in [1.82, 2.24) is 0 Å². The van der Waals surface area contributed by atoms with Gasteiger partial charge in [0.15, 0.2) is 0 Å². The highest BCUT2D eigenvalue weighted by Gasteiger charge is 2.30. The van der Waals surface area contributed by atoms with E-state index in [1.807, 2.05) is 0 Å². The Kier molecular flexibility index (Phi) is 4.12. The van der Waals surface area contributed by atoms with Gasteiger partial charge in [0.25, 0.3) is 0 Å². The van der Waals surface area contributed by atoms with Crippen LogP contribution in [0.5, 0.6) is 0 Å². The SMILES string of the molecule is C=C(C)C(=O)OP(=O)(OC)OO. The van der Waals surface area contributed by atoms with Crippen molar-refractivity contribution in [2.75, 3.05) is 7.11 Å². The van der Waals surface area contributed by atoms with Crippen LogP contribution < -0.4 is 0 Å². The zero-order chi connectivity index (χ0) is 9.78. The zero-order valence-electron chi connectivity index (χ0n) is 6.64. The summed E-state index contributed by atoms with van der Waals surface area (Å²) in [6.45, 7) is 4.57. The fourth-order valence-corrected chi connectivity index (χ4v) is 0.800. The second-order valence-electron chi connectivity index (χ2n) is 1.87. The summed E-state index contributed by atoms with van der Waals surface area (Å²) in [4.78, 5) is 10.7. The lowest BCUT2D eigenvalue weighted by molar-refractivity contribution is -0.169. The highest BCUT2D eigenvalue weighted by Crippen LogP contribution is 2.47. The summed E-state index contributed by atoms with van der Waals surface area (Å²) in [6.07, 6.45) is 0. The molecule has 0 radical (unpaired) electrons. The number of phosphoric acid groups is 1. The fourth-order valence-electron chi connectivity index (χ4n) is 0.267. The van der Waals surface area contributed by atoms with E-state index < -0.39 is 13.8 Å². The molecule has 0 aliphatic heterocycles. The second-order valence-corrected chi connectivity index (χ2v) is 3.48. The van der Waals surface area contributed by atoms with Crippen LogP contribution in [0.1, 0.15) is 6.92 Å². The van der Waals surface area contributed by atoms with Crippen LogP contribution in [-0.4, -0.2) is 18.3 Å². The fraction of sp³-hybridized carbons (Fsp3) is 0.400. The maximum atomic E-state index is 10.9. The summed E-state index contributed by atoms with van der Waals surface area (Å²) in [6, 6.07) is 0. The van der Waals surface area contributed by atoms with Gasteiger partial charge in [-0.05, 0) is 6.92 Å². The maximum absolute atomic E-state index is 10.9. The second kappa shape index (κ2) is 4.37. The van der Waals surface area contributed by atoms with Crippen molar-refractivity contribution in [2.24, 2.45) is 0 Å². The lowest BCUT2D eigenvalue weighted by Gasteiger charge is -2.10. The van der Waals surface area contributed by atoms with Crippen molar-refractivity contribution in [2.45, 2.75) is 6.92 Å². The third-order valence-electron chi connectivity index (χ3n) is 0.867. The number of carbonyl (C=O) groups is 1. The van der Waals surface area contributed by atoms with Gasteiger partial charge in [0.2, 0.25) is 0 Å². The van der Waals surface area contributed by atoms with Crippen molar-refractivity contribution < 1.29 is 28.3 Å². The Hall–Kier alpha value is -0.680. The van der Waals surface area contributed by atoms with Crippen LogP contribution in [0.25, 0.3) is 0 Å². The van der Waals surface area contributed by atoms with E-state index in [0.717, 1.165) is 7.11 Å². The van der Waals surface area contributed by atoms with Crippen molar-refractivity contribution in [1.29, 1.82) is 0 Å². The molecule has 6 nitrogen and oxygen atoms in total. The van der Waals surface area contributed by atoms with Crippen LogP contribution in [0.15, 0.2) is 12.2 Å². The number of rotatable bonds is 4. The Balaban J connectivity index is 4.32. The summed E-state index contributed by atoms with van der Waals surface area (Å²) in [5.74, 6) is -0.964. The molecule has 0 aromatic heterocycles. The lowest BCUT2D eigenvalue weighted by Crippen LogP contribution is -2.05. The third kappa shape index (κ3) is 3.15. The average Bonchev–Trinajstić information content (AvgIpc) is 2.04. The highest BCUT2D eigenvalue weighted by atomic mass is 31.2. The Morgan fingerprint density at radius 1 is 1.58 bits per heavy atom. The molecule has 0 aliphatic rings. The Morgan fingerprint density at radius 2 is 2.08 bits per heavy atom. The predicted octanol–water partition coefficient (Wildman–Crippen LogP) is 1.35. The smallest absolute Gasteiger partial charge is 0.365 e. The summed E-state index contributed by atoms with van der Waals surface area (Å²) in [7, 11) is -3.18. The summed E-state index contributed by atoms with van der Waals surface area (Å²) in [5.41, 5.74) is 0.0179. The largest absolute Gasteiger partial charge is 0.559 e. The number of hydrogen-bond donors (Lipinski definition) is 1. The van der Waals surface area contributed by atoms with Gasteiger partial charge in [-0.3, -0.25) is 4.52 Å². The molecule has 0 fully saturated rings. The molecule has 1 unspecified atom stereocenters. The summed E-state index contributed by atoms with van der Waals surface area (Å²) < 4.78 is 22.5. The molecule has 0 heterocycles. The van der Waals surface area contributed by atoms with Crippen LogP contribution in [-0.2, 0) is 23.1 Å². The van der Waals surface area contributed by atoms with E-state index in [4.69, 9.17) is 5.26 Å². The van der Waals surface area contributed by atoms with Gasteiger partial charge in [0.05, 0.1) is 0 Å². The van der Waals surface area contributed by atoms with Gasteiger partial charge in [-0.2, -0.15) is 0 Å². The Morgan fingerprint density at radius 3 is 2.33 bits per heavy atom. The molecule has 0 saturated heterocycles. The molecule has 12 heavy (non-hydrogen) atoms. The lowest BCUT2D eigenvalue weighted by atomic mass is 10.4. The molecule has 0 bridgehead atoms. The molecule has 1 N–H and O–H groups in total. The van der Waals surface area contributed by atoms with Crippen LogP contribution in [0.3, 0.4) is 0 Å². The summed E-state index contributed by atoms with van der Waals surface area (Å²) >= 11 is 0. The van der Waals surface area contributed by atoms with E-state index in [2.05, 4.69) is 20.3 Å². The van der Waals surface area contributed by atoms with Crippen molar-refractivity contribution in [3.05, 3.63) is 12.2 Å². The van der Waals surface area contributed by atoms with E-state index in [1.54, 1.807) is 0 Å². The highest BCUT2D eigenvalue weighted by molar-refractivity contribution is 7.48. The van der Waals surface area contributed by atoms with E-state index in [1.165, 1.54) is 6.92 Å². The standard InChI is InChI=1S/C5H9O6P/c1-4(2)5(6)10-12(8,9-3)11-7/h7H,1H2,2-3H3. The molecule has 1 atom stereocenters. The molecular weight excluding hydrogens is 187 g/mol. The minimum absolute atomic E-state index is 0.0179. The first kappa shape index (κ1) is 11.3. The first-order valence-electron chi connectivity index (χ1n) is 2.83. The number of carbonyl (C=O) groups excluding carboxylic acids is 1. The van der Waals surface area contributed by atoms with E-state index in [-0.39, 0.29) is 5.57 Å². The van der Waals surface area contributed by atoms with Gasteiger partial charge in [0, 0.05) is 12.7 Å². The number of hydrogen-bond acceptors (Lipinski definition) is 6. The monoisotopic (exact) mass is 196 g/mol. The summed E-state index contributed by atoms with van der Waals surface area (Å²) in [5, 5.41) is 8.02. The van der Waals surface area contributed by atoms with Gasteiger partial charge in [-0.15, -0.1) is 4.67 Å². The average molecular weight is 196 g/mol. The Bertz CT molecular complexity index is 226. The first-order valence-corrected chi connectivity index (χ1v) is 4.29. The molecule has 0 aromatic carbocycles.